The van der Waals surface area contributed by atoms with Crippen LogP contribution in [-0.4, -0.2) is 55.9 Å². The second-order valence-electron chi connectivity index (χ2n) is 8.05. The summed E-state index contributed by atoms with van der Waals surface area (Å²) in [5.41, 5.74) is 3.53. The van der Waals surface area contributed by atoms with Crippen molar-refractivity contribution < 1.29 is 9.47 Å². The number of benzene rings is 1. The first-order chi connectivity index (χ1) is 15.8. The number of rotatable bonds is 3. The molecule has 0 amide bonds. The number of aryl methyl sites for hydroxylation is 1. The van der Waals surface area contributed by atoms with Crippen LogP contribution in [-0.2, 0) is 0 Å². The number of anilines is 1. The van der Waals surface area contributed by atoms with Gasteiger partial charge in [0, 0.05) is 36.6 Å². The summed E-state index contributed by atoms with van der Waals surface area (Å²) < 4.78 is 13.1. The lowest BCUT2D eigenvalue weighted by Gasteiger charge is -2.26. The molecule has 2 aliphatic heterocycles. The SMILES string of the molecule is Cc1c(-c2ccnc(N3CCCCC3)n2)cnc2nc(-c3ccc4c(c3)OCCO4)nn12. The Kier molecular flexibility index (Phi) is 4.59. The van der Waals surface area contributed by atoms with Crippen LogP contribution in [0.4, 0.5) is 5.95 Å². The van der Waals surface area contributed by atoms with E-state index in [1.54, 1.807) is 4.52 Å². The Labute approximate surface area is 185 Å². The minimum Gasteiger partial charge on any atom is -0.486 e. The smallest absolute Gasteiger partial charge is 0.252 e. The van der Waals surface area contributed by atoms with E-state index in [0.717, 1.165) is 47.3 Å². The van der Waals surface area contributed by atoms with E-state index in [-0.39, 0.29) is 0 Å². The summed E-state index contributed by atoms with van der Waals surface area (Å²) in [6, 6.07) is 7.66. The van der Waals surface area contributed by atoms with Crippen LogP contribution >= 0.6 is 0 Å². The second kappa shape index (κ2) is 7.74. The molecule has 0 saturated carbocycles. The van der Waals surface area contributed by atoms with Gasteiger partial charge in [-0.05, 0) is 50.5 Å². The zero-order valence-corrected chi connectivity index (χ0v) is 17.9. The average molecular weight is 429 g/mol. The summed E-state index contributed by atoms with van der Waals surface area (Å²) in [6.07, 6.45) is 7.27. The van der Waals surface area contributed by atoms with Crippen molar-refractivity contribution in [2.45, 2.75) is 26.2 Å². The van der Waals surface area contributed by atoms with Crippen LogP contribution in [0, 0.1) is 6.92 Å². The third-order valence-corrected chi connectivity index (χ3v) is 5.96. The molecule has 1 saturated heterocycles. The molecule has 162 valence electrons. The Balaban J connectivity index is 1.37. The van der Waals surface area contributed by atoms with Crippen molar-refractivity contribution in [3.63, 3.8) is 0 Å². The number of piperidine rings is 1. The van der Waals surface area contributed by atoms with Gasteiger partial charge in [-0.25, -0.2) is 19.5 Å². The molecule has 1 aromatic carbocycles. The van der Waals surface area contributed by atoms with Crippen molar-refractivity contribution in [2.24, 2.45) is 0 Å². The molecular formula is C23H23N7O2. The zero-order chi connectivity index (χ0) is 21.5. The predicted octanol–water partition coefficient (Wildman–Crippen LogP) is 3.32. The fourth-order valence-corrected chi connectivity index (χ4v) is 4.24. The van der Waals surface area contributed by atoms with Gasteiger partial charge in [0.1, 0.15) is 13.2 Å². The lowest BCUT2D eigenvalue weighted by atomic mass is 10.1. The maximum Gasteiger partial charge on any atom is 0.252 e. The average Bonchev–Trinajstić information content (AvgIpc) is 3.30. The van der Waals surface area contributed by atoms with Crippen molar-refractivity contribution >= 4 is 11.7 Å². The summed E-state index contributed by atoms with van der Waals surface area (Å²) in [6.45, 7) is 5.11. The predicted molar refractivity (Wildman–Crippen MR) is 119 cm³/mol. The first kappa shape index (κ1) is 19.0. The molecule has 4 aromatic rings. The summed E-state index contributed by atoms with van der Waals surface area (Å²) in [5, 5.41) is 4.72. The van der Waals surface area contributed by atoms with Gasteiger partial charge in [0.25, 0.3) is 5.78 Å². The summed E-state index contributed by atoms with van der Waals surface area (Å²) >= 11 is 0. The molecular weight excluding hydrogens is 406 g/mol. The van der Waals surface area contributed by atoms with Gasteiger partial charge in [-0.15, -0.1) is 5.10 Å². The van der Waals surface area contributed by atoms with Gasteiger partial charge in [0.2, 0.25) is 5.95 Å². The largest absolute Gasteiger partial charge is 0.486 e. The number of aromatic nitrogens is 6. The normalized spacial score (nSPS) is 15.8. The zero-order valence-electron chi connectivity index (χ0n) is 17.9. The summed E-state index contributed by atoms with van der Waals surface area (Å²) in [7, 11) is 0. The molecule has 2 aliphatic rings. The second-order valence-corrected chi connectivity index (χ2v) is 8.05. The van der Waals surface area contributed by atoms with E-state index in [1.807, 2.05) is 43.6 Å². The van der Waals surface area contributed by atoms with Gasteiger partial charge in [-0.1, -0.05) is 0 Å². The molecule has 0 bridgehead atoms. The number of hydrogen-bond donors (Lipinski definition) is 0. The molecule has 1 fully saturated rings. The highest BCUT2D eigenvalue weighted by atomic mass is 16.6. The van der Waals surface area contributed by atoms with E-state index in [1.165, 1.54) is 19.3 Å². The fraction of sp³-hybridized carbons (Fsp3) is 0.348. The molecule has 3 aromatic heterocycles. The van der Waals surface area contributed by atoms with Gasteiger partial charge in [0.15, 0.2) is 17.3 Å². The van der Waals surface area contributed by atoms with Crippen molar-refractivity contribution in [1.29, 1.82) is 0 Å². The van der Waals surface area contributed by atoms with Crippen LogP contribution in [0.25, 0.3) is 28.4 Å². The molecule has 0 unspecified atom stereocenters. The molecule has 9 heteroatoms. The van der Waals surface area contributed by atoms with Gasteiger partial charge in [0.05, 0.1) is 11.4 Å². The molecule has 0 atom stereocenters. The lowest BCUT2D eigenvalue weighted by molar-refractivity contribution is 0.171. The third kappa shape index (κ3) is 3.30. The third-order valence-electron chi connectivity index (χ3n) is 5.96. The lowest BCUT2D eigenvalue weighted by Crippen LogP contribution is -2.31. The maximum absolute atomic E-state index is 5.70. The Morgan fingerprint density at radius 3 is 2.62 bits per heavy atom. The monoisotopic (exact) mass is 429 g/mol. The summed E-state index contributed by atoms with van der Waals surface area (Å²) in [5.74, 6) is 3.36. The highest BCUT2D eigenvalue weighted by molar-refractivity contribution is 5.66. The Bertz CT molecular complexity index is 1300. The van der Waals surface area contributed by atoms with E-state index in [4.69, 9.17) is 19.6 Å². The van der Waals surface area contributed by atoms with Gasteiger partial charge < -0.3 is 14.4 Å². The number of fused-ring (bicyclic) bond motifs is 2. The first-order valence-corrected chi connectivity index (χ1v) is 11.0. The van der Waals surface area contributed by atoms with Crippen LogP contribution in [0.5, 0.6) is 11.5 Å². The van der Waals surface area contributed by atoms with Gasteiger partial charge >= 0.3 is 0 Å². The Hall–Kier alpha value is -3.75. The molecule has 0 spiro atoms. The van der Waals surface area contributed by atoms with Crippen molar-refractivity contribution in [1.82, 2.24) is 29.5 Å². The minimum atomic E-state index is 0.539. The highest BCUT2D eigenvalue weighted by Crippen LogP contribution is 2.34. The number of ether oxygens (including phenoxy) is 2. The molecule has 0 radical (unpaired) electrons. The van der Waals surface area contributed by atoms with E-state index in [2.05, 4.69) is 19.9 Å². The van der Waals surface area contributed by atoms with E-state index < -0.39 is 0 Å². The Morgan fingerprint density at radius 2 is 1.75 bits per heavy atom. The van der Waals surface area contributed by atoms with Crippen LogP contribution in [0.1, 0.15) is 25.0 Å². The molecule has 9 nitrogen and oxygen atoms in total. The first-order valence-electron chi connectivity index (χ1n) is 11.0. The van der Waals surface area contributed by atoms with Crippen LogP contribution < -0.4 is 14.4 Å². The quantitative estimate of drug-likeness (QED) is 0.490. The van der Waals surface area contributed by atoms with Crippen LogP contribution in [0.2, 0.25) is 0 Å². The molecule has 0 aliphatic carbocycles. The highest BCUT2D eigenvalue weighted by Gasteiger charge is 2.18. The van der Waals surface area contributed by atoms with Gasteiger partial charge in [-0.3, -0.25) is 0 Å². The molecule has 0 N–H and O–H groups in total. The molecule has 32 heavy (non-hydrogen) atoms. The van der Waals surface area contributed by atoms with Crippen molar-refractivity contribution in [2.75, 3.05) is 31.2 Å². The van der Waals surface area contributed by atoms with E-state index in [9.17, 15) is 0 Å². The minimum absolute atomic E-state index is 0.539. The van der Waals surface area contributed by atoms with Gasteiger partial charge in [-0.2, -0.15) is 4.98 Å². The molecule has 5 heterocycles. The summed E-state index contributed by atoms with van der Waals surface area (Å²) in [4.78, 5) is 20.8. The fourth-order valence-electron chi connectivity index (χ4n) is 4.24. The number of hydrogen-bond acceptors (Lipinski definition) is 8. The maximum atomic E-state index is 5.70. The van der Waals surface area contributed by atoms with E-state index >= 15 is 0 Å². The number of nitrogens with zero attached hydrogens (tertiary/aromatic N) is 7. The van der Waals surface area contributed by atoms with Crippen LogP contribution in [0.15, 0.2) is 36.7 Å². The van der Waals surface area contributed by atoms with Crippen LogP contribution in [0.3, 0.4) is 0 Å². The van der Waals surface area contributed by atoms with Crippen molar-refractivity contribution in [3.05, 3.63) is 42.4 Å². The van der Waals surface area contributed by atoms with Crippen molar-refractivity contribution in [3.8, 4) is 34.1 Å². The Morgan fingerprint density at radius 1 is 0.906 bits per heavy atom. The molecule has 6 rings (SSSR count). The van der Waals surface area contributed by atoms with E-state index in [0.29, 0.717) is 30.6 Å². The standard InChI is InChI=1S/C23H23N7O2/c1-15-17(18-7-8-24-22(26-18)29-9-3-2-4-10-29)14-25-23-27-21(28-30(15)23)16-5-6-19-20(13-16)32-12-11-31-19/h5-8,13-14H,2-4,9-12H2,1H3. The topological polar surface area (TPSA) is 90.6 Å².